The molecule has 0 saturated heterocycles. The van der Waals surface area contributed by atoms with Crippen LogP contribution in [0.3, 0.4) is 0 Å². The average Bonchev–Trinajstić information content (AvgIpc) is 2.82. The normalized spacial score (nSPS) is 14.9. The summed E-state index contributed by atoms with van der Waals surface area (Å²) in [4.78, 5) is 30.8. The van der Waals surface area contributed by atoms with E-state index in [1.165, 1.54) is 29.2 Å². The highest BCUT2D eigenvalue weighted by molar-refractivity contribution is 6.13. The van der Waals surface area contributed by atoms with Crippen molar-refractivity contribution >= 4 is 28.8 Å². The number of fused-ring (bicyclic) bond motifs is 8. The van der Waals surface area contributed by atoms with E-state index >= 15 is 0 Å². The maximum atomic E-state index is 14.9. The first kappa shape index (κ1) is 20.6. The van der Waals surface area contributed by atoms with Gasteiger partial charge in [-0.15, -0.1) is 0 Å². The first-order valence-corrected chi connectivity index (χ1v) is 10.2. The fourth-order valence-electron chi connectivity index (χ4n) is 4.24. The second-order valence-electron chi connectivity index (χ2n) is 7.74. The molecule has 5 rings (SSSR count). The molecule has 0 saturated carbocycles. The van der Waals surface area contributed by atoms with Gasteiger partial charge >= 0.3 is 0 Å². The lowest BCUT2D eigenvalue weighted by molar-refractivity contribution is 0.0983. The van der Waals surface area contributed by atoms with Crippen LogP contribution in [-0.2, 0) is 6.42 Å². The van der Waals surface area contributed by atoms with Gasteiger partial charge in [0.05, 0.1) is 22.5 Å². The molecule has 0 spiro atoms. The number of halogens is 3. The van der Waals surface area contributed by atoms with Crippen LogP contribution in [0.5, 0.6) is 0 Å². The maximum absolute atomic E-state index is 14.9. The van der Waals surface area contributed by atoms with E-state index in [1.54, 1.807) is 11.0 Å². The van der Waals surface area contributed by atoms with Crippen molar-refractivity contribution in [1.82, 2.24) is 4.98 Å². The van der Waals surface area contributed by atoms with Gasteiger partial charge in [-0.2, -0.15) is 5.26 Å². The molecule has 2 aromatic carbocycles. The summed E-state index contributed by atoms with van der Waals surface area (Å²) in [6, 6.07) is 9.07. The highest BCUT2D eigenvalue weighted by atomic mass is 19.2. The summed E-state index contributed by atoms with van der Waals surface area (Å²) in [6.07, 6.45) is 0.551. The van der Waals surface area contributed by atoms with E-state index in [2.05, 4.69) is 10.3 Å². The van der Waals surface area contributed by atoms with Crippen molar-refractivity contribution in [3.05, 3.63) is 80.9 Å². The minimum Gasteiger partial charge on any atom is -0.370 e. The molecule has 166 valence electrons. The van der Waals surface area contributed by atoms with Gasteiger partial charge in [-0.05, 0) is 43.2 Å². The fraction of sp³-hybridized carbons (Fsp3) is 0.174. The van der Waals surface area contributed by atoms with Crippen LogP contribution in [0.25, 0.3) is 0 Å². The van der Waals surface area contributed by atoms with E-state index in [9.17, 15) is 28.0 Å². The van der Waals surface area contributed by atoms with Crippen LogP contribution >= 0.6 is 0 Å². The van der Waals surface area contributed by atoms with Gasteiger partial charge in [-0.1, -0.05) is 0 Å². The zero-order valence-electron chi connectivity index (χ0n) is 17.1. The van der Waals surface area contributed by atoms with Crippen molar-refractivity contribution in [3.8, 4) is 6.07 Å². The Bertz CT molecular complexity index is 1410. The highest BCUT2D eigenvalue weighted by Gasteiger charge is 2.35. The molecule has 1 aromatic heterocycles. The molecule has 10 heteroatoms. The number of nitrogens with one attached hydrogen (secondary N) is 2. The van der Waals surface area contributed by atoms with E-state index in [0.29, 0.717) is 24.3 Å². The Morgan fingerprint density at radius 2 is 1.73 bits per heavy atom. The van der Waals surface area contributed by atoms with E-state index in [4.69, 9.17) is 0 Å². The summed E-state index contributed by atoms with van der Waals surface area (Å²) in [6.45, 7) is 0.172. The fourth-order valence-corrected chi connectivity index (χ4v) is 4.24. The standard InChI is InChI=1S/C23H16F3N5O2/c24-15-3-4-17-13(21(15)26)2-1-7-28-22-18(5-6-20(32)29-22)31-11-30(17)19-8-12(10-27)16(25)9-14(19)23(31)33/h3-6,8-9H,1-2,7,11H2,(H2,28,29,32). The quantitative estimate of drug-likeness (QED) is 0.543. The molecule has 0 fully saturated rings. The van der Waals surface area contributed by atoms with Gasteiger partial charge < -0.3 is 15.2 Å². The molecule has 1 amide bonds. The monoisotopic (exact) mass is 451 g/mol. The van der Waals surface area contributed by atoms with Crippen molar-refractivity contribution in [2.24, 2.45) is 0 Å². The molecular weight excluding hydrogens is 435 g/mol. The smallest absolute Gasteiger partial charge is 0.262 e. The number of nitriles is 1. The molecule has 2 aliphatic rings. The summed E-state index contributed by atoms with van der Waals surface area (Å²) in [7, 11) is 0. The average molecular weight is 451 g/mol. The lowest BCUT2D eigenvalue weighted by atomic mass is 10.0. The number of benzene rings is 2. The minimum absolute atomic E-state index is 0.0511. The molecule has 0 unspecified atom stereocenters. The Kier molecular flexibility index (Phi) is 4.82. The second kappa shape index (κ2) is 7.70. The number of amides is 1. The van der Waals surface area contributed by atoms with Gasteiger partial charge in [-0.25, -0.2) is 13.2 Å². The number of hydrogen-bond donors (Lipinski definition) is 2. The number of aromatic amines is 1. The number of H-pyrrole nitrogens is 1. The first-order valence-electron chi connectivity index (χ1n) is 10.2. The lowest BCUT2D eigenvalue weighted by Crippen LogP contribution is -2.46. The van der Waals surface area contributed by atoms with Gasteiger partial charge in [0.2, 0.25) is 5.56 Å². The molecule has 2 bridgehead atoms. The van der Waals surface area contributed by atoms with Crippen LogP contribution in [0.4, 0.5) is 36.1 Å². The summed E-state index contributed by atoms with van der Waals surface area (Å²) < 4.78 is 43.5. The Hall–Kier alpha value is -4.26. The van der Waals surface area contributed by atoms with Gasteiger partial charge in [-0.3, -0.25) is 14.5 Å². The molecule has 2 aliphatic heterocycles. The number of aromatic nitrogens is 1. The SMILES string of the molecule is N#Cc1cc2c(cc1F)C(=O)N1CN2c2ccc(F)c(F)c2CCCNc2[nH]c(=O)ccc21. The number of rotatable bonds is 0. The Balaban J connectivity index is 1.81. The lowest BCUT2D eigenvalue weighted by Gasteiger charge is -2.39. The summed E-state index contributed by atoms with van der Waals surface area (Å²) in [5.74, 6) is -3.17. The number of carbonyl (C=O) groups is 1. The van der Waals surface area contributed by atoms with E-state index in [-0.39, 0.29) is 46.8 Å². The zero-order chi connectivity index (χ0) is 23.3. The van der Waals surface area contributed by atoms with Crippen LogP contribution < -0.4 is 20.7 Å². The minimum atomic E-state index is -1.01. The second-order valence-corrected chi connectivity index (χ2v) is 7.74. The molecule has 0 radical (unpaired) electrons. The molecule has 2 N–H and O–H groups in total. The third-order valence-corrected chi connectivity index (χ3v) is 5.81. The van der Waals surface area contributed by atoms with Gasteiger partial charge in [0.15, 0.2) is 11.6 Å². The largest absolute Gasteiger partial charge is 0.370 e. The van der Waals surface area contributed by atoms with E-state index in [0.717, 1.165) is 12.1 Å². The van der Waals surface area contributed by atoms with Crippen molar-refractivity contribution in [1.29, 1.82) is 5.26 Å². The predicted molar refractivity (Wildman–Crippen MR) is 115 cm³/mol. The number of pyridine rings is 1. The Morgan fingerprint density at radius 3 is 2.52 bits per heavy atom. The van der Waals surface area contributed by atoms with Gasteiger partial charge in [0.25, 0.3) is 5.91 Å². The van der Waals surface area contributed by atoms with Crippen LogP contribution in [0.2, 0.25) is 0 Å². The number of anilines is 4. The molecule has 0 atom stereocenters. The number of carbonyl (C=O) groups excluding carboxylic acids is 1. The van der Waals surface area contributed by atoms with Crippen LogP contribution in [0.1, 0.15) is 27.9 Å². The molecule has 0 aliphatic carbocycles. The van der Waals surface area contributed by atoms with Crippen LogP contribution in [-0.4, -0.2) is 24.1 Å². The predicted octanol–water partition coefficient (Wildman–Crippen LogP) is 3.78. The zero-order valence-corrected chi connectivity index (χ0v) is 17.1. The van der Waals surface area contributed by atoms with Crippen LogP contribution in [0.15, 0.2) is 41.2 Å². The first-order chi connectivity index (χ1) is 15.9. The third kappa shape index (κ3) is 3.29. The highest BCUT2D eigenvalue weighted by Crippen LogP contribution is 2.41. The molecular formula is C23H16F3N5O2. The molecule has 3 heterocycles. The number of hydrogen-bond acceptors (Lipinski definition) is 5. The summed E-state index contributed by atoms with van der Waals surface area (Å²) >= 11 is 0. The maximum Gasteiger partial charge on any atom is 0.262 e. The van der Waals surface area contributed by atoms with Gasteiger partial charge in [0, 0.05) is 23.9 Å². The van der Waals surface area contributed by atoms with Gasteiger partial charge in [0.1, 0.15) is 24.4 Å². The van der Waals surface area contributed by atoms with Crippen molar-refractivity contribution in [2.75, 3.05) is 28.3 Å². The summed E-state index contributed by atoms with van der Waals surface area (Å²) in [5.41, 5.74) is 0.227. The van der Waals surface area contributed by atoms with Crippen molar-refractivity contribution in [3.63, 3.8) is 0 Å². The number of nitrogens with zero attached hydrogens (tertiary/aromatic N) is 3. The van der Waals surface area contributed by atoms with Crippen molar-refractivity contribution < 1.29 is 18.0 Å². The topological polar surface area (TPSA) is 92.2 Å². The molecule has 7 nitrogen and oxygen atoms in total. The summed E-state index contributed by atoms with van der Waals surface area (Å²) in [5, 5.41) is 12.3. The Labute approximate surface area is 185 Å². The van der Waals surface area contributed by atoms with E-state index < -0.39 is 23.4 Å². The Morgan fingerprint density at radius 1 is 0.939 bits per heavy atom. The van der Waals surface area contributed by atoms with E-state index in [1.807, 2.05) is 0 Å². The molecule has 33 heavy (non-hydrogen) atoms. The third-order valence-electron chi connectivity index (χ3n) is 5.81. The van der Waals surface area contributed by atoms with Crippen LogP contribution in [0, 0.1) is 28.8 Å². The molecule has 3 aromatic rings. The van der Waals surface area contributed by atoms with Crippen molar-refractivity contribution in [2.45, 2.75) is 12.8 Å².